The summed E-state index contributed by atoms with van der Waals surface area (Å²) in [4.78, 5) is 25.7. The number of nitrogens with one attached hydrogen (secondary N) is 2. The van der Waals surface area contributed by atoms with E-state index in [9.17, 15) is 4.79 Å². The number of rotatable bonds is 4. The third-order valence-corrected chi connectivity index (χ3v) is 5.96. The Morgan fingerprint density at radius 3 is 2.62 bits per heavy atom. The molecular weight excluding hydrogens is 368 g/mol. The van der Waals surface area contributed by atoms with Crippen LogP contribution >= 0.6 is 0 Å². The van der Waals surface area contributed by atoms with Crippen molar-refractivity contribution in [3.63, 3.8) is 0 Å². The monoisotopic (exact) mass is 394 g/mol. The summed E-state index contributed by atoms with van der Waals surface area (Å²) in [5, 5.41) is 6.57. The van der Waals surface area contributed by atoms with Crippen molar-refractivity contribution in [2.75, 3.05) is 43.1 Å². The van der Waals surface area contributed by atoms with Gasteiger partial charge in [0.2, 0.25) is 11.8 Å². The zero-order chi connectivity index (χ0) is 19.6. The number of piperazine rings is 1. The number of hydrogen-bond donors (Lipinski definition) is 2. The molecule has 1 saturated heterocycles. The lowest BCUT2D eigenvalue weighted by atomic mass is 10.1. The summed E-state index contributed by atoms with van der Waals surface area (Å²) in [6.45, 7) is 4.33. The van der Waals surface area contributed by atoms with Crippen molar-refractivity contribution in [1.82, 2.24) is 20.2 Å². The molecule has 0 spiro atoms. The topological polar surface area (TPSA) is 82.6 Å². The van der Waals surface area contributed by atoms with E-state index in [1.807, 2.05) is 17.0 Å². The molecule has 2 aromatic rings. The van der Waals surface area contributed by atoms with E-state index in [-0.39, 0.29) is 18.7 Å². The van der Waals surface area contributed by atoms with Crippen LogP contribution in [0.25, 0.3) is 0 Å². The number of aromatic nitrogens is 2. The summed E-state index contributed by atoms with van der Waals surface area (Å²) in [6, 6.07) is 8.53. The molecule has 1 amide bonds. The lowest BCUT2D eigenvalue weighted by Gasteiger charge is -2.32. The van der Waals surface area contributed by atoms with Crippen LogP contribution in [0.15, 0.2) is 30.5 Å². The average molecular weight is 394 g/mol. The third-order valence-electron chi connectivity index (χ3n) is 5.96. The van der Waals surface area contributed by atoms with E-state index >= 15 is 0 Å². The van der Waals surface area contributed by atoms with Crippen molar-refractivity contribution in [2.24, 2.45) is 0 Å². The number of hydrogen-bond acceptors (Lipinski definition) is 7. The van der Waals surface area contributed by atoms with Gasteiger partial charge in [-0.1, -0.05) is 12.8 Å². The average Bonchev–Trinajstić information content (AvgIpc) is 3.30. The molecule has 8 nitrogen and oxygen atoms in total. The van der Waals surface area contributed by atoms with Crippen molar-refractivity contribution in [3.8, 4) is 5.88 Å². The lowest BCUT2D eigenvalue weighted by Crippen LogP contribution is -2.44. The van der Waals surface area contributed by atoms with Gasteiger partial charge < -0.3 is 25.2 Å². The minimum absolute atomic E-state index is 0.0231. The zero-order valence-corrected chi connectivity index (χ0v) is 16.4. The highest BCUT2D eigenvalue weighted by atomic mass is 16.5. The smallest absolute Gasteiger partial charge is 0.263 e. The SMILES string of the molecule is O=C1c2cnc(Nc3ccc(N4CCNCC4)cc3)nc2OCN1C1CCCC1. The maximum absolute atomic E-state index is 12.8. The van der Waals surface area contributed by atoms with Gasteiger partial charge in [-0.2, -0.15) is 4.98 Å². The highest BCUT2D eigenvalue weighted by Crippen LogP contribution is 2.30. The van der Waals surface area contributed by atoms with Crippen molar-refractivity contribution in [1.29, 1.82) is 0 Å². The van der Waals surface area contributed by atoms with Crippen molar-refractivity contribution >= 4 is 23.2 Å². The first-order valence-corrected chi connectivity index (χ1v) is 10.4. The van der Waals surface area contributed by atoms with Crippen molar-refractivity contribution in [3.05, 3.63) is 36.0 Å². The number of amides is 1. The molecule has 152 valence electrons. The zero-order valence-electron chi connectivity index (χ0n) is 16.4. The second-order valence-corrected chi connectivity index (χ2v) is 7.81. The summed E-state index contributed by atoms with van der Waals surface area (Å²) in [7, 11) is 0. The van der Waals surface area contributed by atoms with Crippen LogP contribution in [0.3, 0.4) is 0 Å². The molecular formula is C21H26N6O2. The van der Waals surface area contributed by atoms with E-state index in [4.69, 9.17) is 4.74 Å². The molecule has 2 fully saturated rings. The van der Waals surface area contributed by atoms with Crippen LogP contribution in [0.2, 0.25) is 0 Å². The van der Waals surface area contributed by atoms with Crippen molar-refractivity contribution < 1.29 is 9.53 Å². The van der Waals surface area contributed by atoms with E-state index in [0.29, 0.717) is 17.4 Å². The second-order valence-electron chi connectivity index (χ2n) is 7.81. The number of fused-ring (bicyclic) bond motifs is 1. The molecule has 1 saturated carbocycles. The summed E-state index contributed by atoms with van der Waals surface area (Å²) in [5.74, 6) is 0.769. The Bertz CT molecular complexity index is 875. The Kier molecular flexibility index (Phi) is 4.93. The van der Waals surface area contributed by atoms with E-state index < -0.39 is 0 Å². The number of benzene rings is 1. The molecule has 2 N–H and O–H groups in total. The van der Waals surface area contributed by atoms with Gasteiger partial charge in [0, 0.05) is 49.8 Å². The fraction of sp³-hybridized carbons (Fsp3) is 0.476. The molecule has 5 rings (SSSR count). The van der Waals surface area contributed by atoms with E-state index in [2.05, 4.69) is 37.6 Å². The number of carbonyl (C=O) groups is 1. The Morgan fingerprint density at radius 2 is 1.86 bits per heavy atom. The molecule has 1 aromatic carbocycles. The fourth-order valence-corrected chi connectivity index (χ4v) is 4.32. The van der Waals surface area contributed by atoms with Gasteiger partial charge in [-0.15, -0.1) is 0 Å². The molecule has 3 aliphatic rings. The van der Waals surface area contributed by atoms with E-state index in [1.54, 1.807) is 6.20 Å². The quantitative estimate of drug-likeness (QED) is 0.824. The molecule has 29 heavy (non-hydrogen) atoms. The van der Waals surface area contributed by atoms with Crippen LogP contribution in [0, 0.1) is 0 Å². The first-order valence-electron chi connectivity index (χ1n) is 10.4. The van der Waals surface area contributed by atoms with Gasteiger partial charge in [-0.25, -0.2) is 4.98 Å². The van der Waals surface area contributed by atoms with Crippen LogP contribution in [0.4, 0.5) is 17.3 Å². The third kappa shape index (κ3) is 3.72. The molecule has 3 heterocycles. The van der Waals surface area contributed by atoms with Crippen LogP contribution in [0.1, 0.15) is 36.0 Å². The Hall–Kier alpha value is -2.87. The van der Waals surface area contributed by atoms with Gasteiger partial charge in [0.25, 0.3) is 5.91 Å². The van der Waals surface area contributed by atoms with Gasteiger partial charge in [0.15, 0.2) is 6.73 Å². The molecule has 1 aliphatic carbocycles. The Balaban J connectivity index is 1.27. The fourth-order valence-electron chi connectivity index (χ4n) is 4.32. The Labute approximate surface area is 170 Å². The molecule has 0 unspecified atom stereocenters. The molecule has 0 radical (unpaired) electrons. The van der Waals surface area contributed by atoms with Gasteiger partial charge in [0.05, 0.1) is 0 Å². The molecule has 1 aromatic heterocycles. The minimum atomic E-state index is -0.0231. The molecule has 0 bridgehead atoms. The molecule has 8 heteroatoms. The lowest BCUT2D eigenvalue weighted by molar-refractivity contribution is 0.0375. The number of nitrogens with zero attached hydrogens (tertiary/aromatic N) is 4. The number of anilines is 3. The minimum Gasteiger partial charge on any atom is -0.455 e. The standard InChI is InChI=1S/C21H26N6O2/c28-20-18-13-23-21(25-19(18)29-14-27(20)17-3-1-2-4-17)24-15-5-7-16(8-6-15)26-11-9-22-10-12-26/h5-8,13,17,22H,1-4,9-12,14H2,(H,23,24,25). The summed E-state index contributed by atoms with van der Waals surface area (Å²) in [6.07, 6.45) is 6.02. The normalized spacial score (nSPS) is 19.8. The van der Waals surface area contributed by atoms with Gasteiger partial charge in [0.1, 0.15) is 5.56 Å². The predicted molar refractivity (Wildman–Crippen MR) is 111 cm³/mol. The van der Waals surface area contributed by atoms with Crippen LogP contribution in [-0.4, -0.2) is 59.7 Å². The van der Waals surface area contributed by atoms with Gasteiger partial charge in [-0.3, -0.25) is 4.79 Å². The molecule has 2 aliphatic heterocycles. The number of ether oxygens (including phenoxy) is 1. The maximum Gasteiger partial charge on any atom is 0.263 e. The highest BCUT2D eigenvalue weighted by molar-refractivity contribution is 5.97. The van der Waals surface area contributed by atoms with Crippen LogP contribution in [-0.2, 0) is 0 Å². The predicted octanol–water partition coefficient (Wildman–Crippen LogP) is 2.36. The first-order chi connectivity index (χ1) is 14.3. The number of carbonyl (C=O) groups excluding carboxylic acids is 1. The van der Waals surface area contributed by atoms with E-state index in [0.717, 1.165) is 44.7 Å². The van der Waals surface area contributed by atoms with Crippen molar-refractivity contribution in [2.45, 2.75) is 31.7 Å². The maximum atomic E-state index is 12.8. The van der Waals surface area contributed by atoms with E-state index in [1.165, 1.54) is 18.5 Å². The largest absolute Gasteiger partial charge is 0.455 e. The summed E-state index contributed by atoms with van der Waals surface area (Å²) >= 11 is 0. The summed E-state index contributed by atoms with van der Waals surface area (Å²) < 4.78 is 5.80. The van der Waals surface area contributed by atoms with Crippen LogP contribution in [0.5, 0.6) is 5.88 Å². The summed E-state index contributed by atoms with van der Waals surface area (Å²) in [5.41, 5.74) is 2.56. The molecule has 0 atom stereocenters. The first kappa shape index (κ1) is 18.2. The van der Waals surface area contributed by atoms with Gasteiger partial charge in [-0.05, 0) is 37.1 Å². The van der Waals surface area contributed by atoms with Gasteiger partial charge >= 0.3 is 0 Å². The second kappa shape index (κ2) is 7.87. The van der Waals surface area contributed by atoms with Crippen LogP contribution < -0.4 is 20.3 Å². The Morgan fingerprint density at radius 1 is 1.10 bits per heavy atom. The highest BCUT2D eigenvalue weighted by Gasteiger charge is 2.33.